The van der Waals surface area contributed by atoms with Crippen LogP contribution in [0.4, 0.5) is 11.4 Å². The molecule has 7 heteroatoms. The molecule has 0 spiro atoms. The summed E-state index contributed by atoms with van der Waals surface area (Å²) in [5.74, 6) is 0. The van der Waals surface area contributed by atoms with Crippen LogP contribution in [-0.4, -0.2) is 13.4 Å². The number of nitrogens with one attached hydrogen (secondary N) is 2. The van der Waals surface area contributed by atoms with E-state index in [1.807, 2.05) is 5.38 Å². The van der Waals surface area contributed by atoms with Gasteiger partial charge in [0.05, 0.1) is 5.69 Å². The molecule has 19 heavy (non-hydrogen) atoms. The van der Waals surface area contributed by atoms with Gasteiger partial charge in [-0.3, -0.25) is 4.72 Å². The Hall–Kier alpha value is -1.99. The average molecular weight is 293 g/mol. The summed E-state index contributed by atoms with van der Waals surface area (Å²) in [6, 6.07) is 6.84. The number of H-pyrrole nitrogens is 1. The quantitative estimate of drug-likeness (QED) is 0.649. The number of benzene rings is 1. The van der Waals surface area contributed by atoms with Crippen LogP contribution in [0, 0.1) is 0 Å². The van der Waals surface area contributed by atoms with Gasteiger partial charge in [0, 0.05) is 28.2 Å². The first-order chi connectivity index (χ1) is 9.06. The van der Waals surface area contributed by atoms with Crippen molar-refractivity contribution in [1.29, 1.82) is 0 Å². The van der Waals surface area contributed by atoms with Crippen LogP contribution in [0.1, 0.15) is 0 Å². The molecular weight excluding hydrogens is 282 g/mol. The third-order valence-corrected chi connectivity index (χ3v) is 4.84. The van der Waals surface area contributed by atoms with Crippen LogP contribution in [0.25, 0.3) is 10.9 Å². The Labute approximate surface area is 114 Å². The lowest BCUT2D eigenvalue weighted by Gasteiger charge is -2.05. The molecule has 2 heterocycles. The predicted molar refractivity (Wildman–Crippen MR) is 77.8 cm³/mol. The van der Waals surface area contributed by atoms with Gasteiger partial charge in [0.15, 0.2) is 0 Å². The zero-order chi connectivity index (χ0) is 13.5. The van der Waals surface area contributed by atoms with Crippen LogP contribution in [-0.2, 0) is 10.0 Å². The Balaban J connectivity index is 2.10. The van der Waals surface area contributed by atoms with E-state index < -0.39 is 10.0 Å². The highest BCUT2D eigenvalue weighted by Crippen LogP contribution is 2.26. The predicted octanol–water partition coefficient (Wildman–Crippen LogP) is 2.61. The molecule has 3 aromatic rings. The highest BCUT2D eigenvalue weighted by Gasteiger charge is 2.19. The first kappa shape index (κ1) is 12.1. The Kier molecular flexibility index (Phi) is 2.72. The molecule has 0 bridgehead atoms. The van der Waals surface area contributed by atoms with Crippen LogP contribution < -0.4 is 10.5 Å². The fourth-order valence-corrected chi connectivity index (χ4v) is 3.75. The lowest BCUT2D eigenvalue weighted by Crippen LogP contribution is -2.11. The van der Waals surface area contributed by atoms with E-state index in [1.165, 1.54) is 17.5 Å². The van der Waals surface area contributed by atoms with Crippen molar-refractivity contribution in [2.24, 2.45) is 0 Å². The molecule has 0 unspecified atom stereocenters. The van der Waals surface area contributed by atoms with Crippen LogP contribution >= 0.6 is 11.3 Å². The monoisotopic (exact) mass is 293 g/mol. The average Bonchev–Trinajstić information content (AvgIpc) is 2.96. The van der Waals surface area contributed by atoms with Crippen molar-refractivity contribution < 1.29 is 8.42 Å². The van der Waals surface area contributed by atoms with Gasteiger partial charge in [0.2, 0.25) is 0 Å². The largest absolute Gasteiger partial charge is 0.399 e. The number of rotatable bonds is 3. The number of aromatic amines is 1. The van der Waals surface area contributed by atoms with Crippen LogP contribution in [0.15, 0.2) is 46.1 Å². The number of aromatic nitrogens is 1. The first-order valence-corrected chi connectivity index (χ1v) is 7.90. The molecule has 98 valence electrons. The molecule has 0 amide bonds. The molecule has 4 N–H and O–H groups in total. The third-order valence-electron chi connectivity index (χ3n) is 2.73. The molecule has 0 saturated carbocycles. The number of fused-ring (bicyclic) bond motifs is 1. The second kappa shape index (κ2) is 4.29. The van der Waals surface area contributed by atoms with E-state index in [4.69, 9.17) is 5.73 Å². The zero-order valence-electron chi connectivity index (χ0n) is 9.75. The minimum absolute atomic E-state index is 0.195. The van der Waals surface area contributed by atoms with Gasteiger partial charge >= 0.3 is 0 Å². The van der Waals surface area contributed by atoms with Gasteiger partial charge in [-0.15, -0.1) is 0 Å². The summed E-state index contributed by atoms with van der Waals surface area (Å²) in [7, 11) is -3.61. The molecule has 5 nitrogen and oxygen atoms in total. The summed E-state index contributed by atoms with van der Waals surface area (Å²) < 4.78 is 27.2. The number of nitrogen functional groups attached to an aromatic ring is 1. The normalized spacial score (nSPS) is 11.8. The van der Waals surface area contributed by atoms with Crippen LogP contribution in [0.2, 0.25) is 0 Å². The van der Waals surface area contributed by atoms with E-state index in [1.54, 1.807) is 29.6 Å². The summed E-state index contributed by atoms with van der Waals surface area (Å²) in [5.41, 5.74) is 7.53. The number of nitrogens with two attached hydrogens (primary N) is 1. The molecule has 0 radical (unpaired) electrons. The van der Waals surface area contributed by atoms with Crippen molar-refractivity contribution in [3.63, 3.8) is 0 Å². The second-order valence-corrected chi connectivity index (χ2v) is 6.51. The minimum Gasteiger partial charge on any atom is -0.399 e. The minimum atomic E-state index is -3.61. The standard InChI is InChI=1S/C12H11N3O2S2/c13-8-1-2-11-10(5-8)12(6-14-11)19(16,17)15-9-3-4-18-7-9/h1-7,14-15H,13H2. The van der Waals surface area contributed by atoms with Crippen molar-refractivity contribution in [2.75, 3.05) is 10.5 Å². The molecule has 0 fully saturated rings. The molecule has 0 atom stereocenters. The van der Waals surface area contributed by atoms with E-state index in [0.29, 0.717) is 16.8 Å². The van der Waals surface area contributed by atoms with Crippen LogP contribution in [0.3, 0.4) is 0 Å². The molecule has 0 saturated heterocycles. The van der Waals surface area contributed by atoms with Crippen molar-refractivity contribution in [3.8, 4) is 0 Å². The summed E-state index contributed by atoms with van der Waals surface area (Å²) >= 11 is 1.43. The van der Waals surface area contributed by atoms with Gasteiger partial charge in [-0.25, -0.2) is 8.42 Å². The maximum Gasteiger partial charge on any atom is 0.264 e. The lowest BCUT2D eigenvalue weighted by molar-refractivity contribution is 0.602. The van der Waals surface area contributed by atoms with Gasteiger partial charge in [-0.05, 0) is 29.6 Å². The van der Waals surface area contributed by atoms with Gasteiger partial charge < -0.3 is 10.7 Å². The lowest BCUT2D eigenvalue weighted by atomic mass is 10.2. The highest BCUT2D eigenvalue weighted by atomic mass is 32.2. The van der Waals surface area contributed by atoms with Gasteiger partial charge in [0.1, 0.15) is 4.90 Å². The maximum atomic E-state index is 12.3. The molecule has 2 aromatic heterocycles. The smallest absolute Gasteiger partial charge is 0.264 e. The first-order valence-electron chi connectivity index (χ1n) is 5.48. The summed E-state index contributed by atoms with van der Waals surface area (Å²) in [6.07, 6.45) is 1.47. The molecular formula is C12H11N3O2S2. The molecule has 0 aliphatic rings. The zero-order valence-corrected chi connectivity index (χ0v) is 11.4. The van der Waals surface area contributed by atoms with Gasteiger partial charge in [-0.2, -0.15) is 11.3 Å². The molecule has 0 aliphatic carbocycles. The van der Waals surface area contributed by atoms with Gasteiger partial charge in [0.25, 0.3) is 10.0 Å². The number of hydrogen-bond donors (Lipinski definition) is 3. The molecule has 3 rings (SSSR count). The Morgan fingerprint density at radius 3 is 2.84 bits per heavy atom. The number of sulfonamides is 1. The number of anilines is 2. The second-order valence-electron chi connectivity index (χ2n) is 4.08. The van der Waals surface area contributed by atoms with E-state index >= 15 is 0 Å². The topological polar surface area (TPSA) is 88.0 Å². The Bertz CT molecular complexity index is 820. The van der Waals surface area contributed by atoms with Crippen molar-refractivity contribution in [1.82, 2.24) is 4.98 Å². The van der Waals surface area contributed by atoms with Crippen molar-refractivity contribution in [2.45, 2.75) is 4.90 Å². The third kappa shape index (κ3) is 2.18. The number of hydrogen-bond acceptors (Lipinski definition) is 4. The Morgan fingerprint density at radius 2 is 2.11 bits per heavy atom. The van der Waals surface area contributed by atoms with E-state index in [-0.39, 0.29) is 4.90 Å². The summed E-state index contributed by atoms with van der Waals surface area (Å²) in [4.78, 5) is 3.12. The van der Waals surface area contributed by atoms with E-state index in [0.717, 1.165) is 5.52 Å². The van der Waals surface area contributed by atoms with E-state index in [2.05, 4.69) is 9.71 Å². The SMILES string of the molecule is Nc1ccc2[nH]cc(S(=O)(=O)Nc3ccsc3)c2c1. The summed E-state index contributed by atoms with van der Waals surface area (Å²) in [6.45, 7) is 0. The fraction of sp³-hybridized carbons (Fsp3) is 0. The molecule has 0 aliphatic heterocycles. The Morgan fingerprint density at radius 1 is 1.26 bits per heavy atom. The van der Waals surface area contributed by atoms with Gasteiger partial charge in [-0.1, -0.05) is 0 Å². The summed E-state index contributed by atoms with van der Waals surface area (Å²) in [5, 5.41) is 4.13. The molecule has 1 aromatic carbocycles. The van der Waals surface area contributed by atoms with Crippen molar-refractivity contribution >= 4 is 43.6 Å². The van der Waals surface area contributed by atoms with E-state index in [9.17, 15) is 8.42 Å². The number of thiophene rings is 1. The van der Waals surface area contributed by atoms with Crippen LogP contribution in [0.5, 0.6) is 0 Å². The highest BCUT2D eigenvalue weighted by molar-refractivity contribution is 7.93. The fourth-order valence-electron chi connectivity index (χ4n) is 1.87. The maximum absolute atomic E-state index is 12.3. The van der Waals surface area contributed by atoms with Crippen molar-refractivity contribution in [3.05, 3.63) is 41.2 Å².